The van der Waals surface area contributed by atoms with Crippen LogP contribution in [0.3, 0.4) is 0 Å². The molecule has 0 amide bonds. The molecule has 0 bridgehead atoms. The second-order valence-electron chi connectivity index (χ2n) is 4.74. The Bertz CT molecular complexity index is 886. The first-order chi connectivity index (χ1) is 9.31. The van der Waals surface area contributed by atoms with Crippen LogP contribution in [-0.2, 0) is 0 Å². The van der Waals surface area contributed by atoms with E-state index in [0.717, 1.165) is 27.6 Å². The summed E-state index contributed by atoms with van der Waals surface area (Å²) in [4.78, 5) is 7.80. The fraction of sp³-hybridized carbons (Fsp3) is 0.0625. The number of hydrogen-bond acceptors (Lipinski definition) is 2. The van der Waals surface area contributed by atoms with E-state index in [1.807, 2.05) is 49.5 Å². The van der Waals surface area contributed by atoms with E-state index in [9.17, 15) is 0 Å². The van der Waals surface area contributed by atoms with Gasteiger partial charge in [-0.2, -0.15) is 0 Å². The molecule has 0 aliphatic rings. The van der Waals surface area contributed by atoms with E-state index in [1.54, 1.807) is 0 Å². The number of nitrogens with one attached hydrogen (secondary N) is 1. The molecule has 2 aromatic heterocycles. The Balaban J connectivity index is 1.99. The van der Waals surface area contributed by atoms with Crippen molar-refractivity contribution in [2.45, 2.75) is 6.92 Å². The Labute approximate surface area is 109 Å². The van der Waals surface area contributed by atoms with Gasteiger partial charge in [-0.25, -0.2) is 4.98 Å². The van der Waals surface area contributed by atoms with Crippen molar-refractivity contribution in [2.24, 2.45) is 0 Å². The van der Waals surface area contributed by atoms with Crippen LogP contribution in [0.25, 0.3) is 33.5 Å². The number of fused-ring (bicyclic) bond motifs is 2. The van der Waals surface area contributed by atoms with Crippen molar-refractivity contribution in [1.82, 2.24) is 9.97 Å². The van der Waals surface area contributed by atoms with E-state index in [0.29, 0.717) is 5.89 Å². The lowest BCUT2D eigenvalue weighted by Crippen LogP contribution is -1.74. The van der Waals surface area contributed by atoms with Crippen LogP contribution in [0.5, 0.6) is 0 Å². The van der Waals surface area contributed by atoms with Gasteiger partial charge in [-0.3, -0.25) is 0 Å². The Kier molecular flexibility index (Phi) is 2.03. The Hall–Kier alpha value is -2.55. The number of nitrogens with zero attached hydrogens (tertiary/aromatic N) is 1. The van der Waals surface area contributed by atoms with Gasteiger partial charge < -0.3 is 9.40 Å². The number of aromatic nitrogens is 2. The van der Waals surface area contributed by atoms with Crippen LogP contribution in [0.2, 0.25) is 0 Å². The minimum Gasteiger partial charge on any atom is -0.436 e. The van der Waals surface area contributed by atoms with Gasteiger partial charge in [0.05, 0.1) is 5.56 Å². The zero-order valence-corrected chi connectivity index (χ0v) is 10.5. The topological polar surface area (TPSA) is 41.8 Å². The summed E-state index contributed by atoms with van der Waals surface area (Å²) in [6.45, 7) is 2.05. The van der Waals surface area contributed by atoms with Crippen molar-refractivity contribution >= 4 is 22.0 Å². The zero-order chi connectivity index (χ0) is 12.8. The van der Waals surface area contributed by atoms with E-state index >= 15 is 0 Å². The molecule has 0 radical (unpaired) electrons. The van der Waals surface area contributed by atoms with Crippen molar-refractivity contribution in [1.29, 1.82) is 0 Å². The molecule has 2 heterocycles. The van der Waals surface area contributed by atoms with Gasteiger partial charge in [0, 0.05) is 17.1 Å². The fourth-order valence-corrected chi connectivity index (χ4v) is 2.40. The lowest BCUT2D eigenvalue weighted by atomic mass is 10.2. The summed E-state index contributed by atoms with van der Waals surface area (Å²) in [6.07, 6.45) is 1.95. The molecule has 3 nitrogen and oxygen atoms in total. The predicted octanol–water partition coefficient (Wildman–Crippen LogP) is 4.28. The van der Waals surface area contributed by atoms with E-state index in [4.69, 9.17) is 4.42 Å². The lowest BCUT2D eigenvalue weighted by Gasteiger charge is -1.92. The molecule has 0 spiro atoms. The van der Waals surface area contributed by atoms with Gasteiger partial charge in [-0.05, 0) is 30.7 Å². The standard InChI is InChI=1S/C16H12N2O/c1-10-6-7-14-15(8-10)19-16(18-14)12-9-17-13-5-3-2-4-11(12)13/h2-9,17H,1H3. The quantitative estimate of drug-likeness (QED) is 0.546. The minimum absolute atomic E-state index is 0.665. The van der Waals surface area contributed by atoms with Crippen LogP contribution < -0.4 is 0 Å². The number of hydrogen-bond donors (Lipinski definition) is 1. The number of rotatable bonds is 1. The molecule has 1 N–H and O–H groups in total. The first-order valence-corrected chi connectivity index (χ1v) is 6.25. The molecule has 0 saturated heterocycles. The highest BCUT2D eigenvalue weighted by Gasteiger charge is 2.12. The number of aromatic amines is 1. The maximum absolute atomic E-state index is 5.87. The predicted molar refractivity (Wildman–Crippen MR) is 76.0 cm³/mol. The Morgan fingerprint density at radius 2 is 2.00 bits per heavy atom. The summed E-state index contributed by atoms with van der Waals surface area (Å²) >= 11 is 0. The smallest absolute Gasteiger partial charge is 0.229 e. The normalized spacial score (nSPS) is 11.4. The van der Waals surface area contributed by atoms with Gasteiger partial charge in [0.1, 0.15) is 5.52 Å². The third kappa shape index (κ3) is 1.55. The molecule has 4 rings (SSSR count). The molecule has 0 aliphatic carbocycles. The molecule has 0 atom stereocenters. The average molecular weight is 248 g/mol. The van der Waals surface area contributed by atoms with E-state index < -0.39 is 0 Å². The van der Waals surface area contributed by atoms with Crippen molar-refractivity contribution in [3.63, 3.8) is 0 Å². The van der Waals surface area contributed by atoms with Crippen LogP contribution in [-0.4, -0.2) is 9.97 Å². The highest BCUT2D eigenvalue weighted by molar-refractivity contribution is 5.94. The zero-order valence-electron chi connectivity index (χ0n) is 10.5. The molecular weight excluding hydrogens is 236 g/mol. The summed E-state index contributed by atoms with van der Waals surface area (Å²) in [5.41, 5.74) is 5.00. The summed E-state index contributed by atoms with van der Waals surface area (Å²) in [5, 5.41) is 1.13. The van der Waals surface area contributed by atoms with Crippen LogP contribution in [0.1, 0.15) is 5.56 Å². The summed E-state index contributed by atoms with van der Waals surface area (Å²) in [6, 6.07) is 14.2. The first-order valence-electron chi connectivity index (χ1n) is 6.25. The first kappa shape index (κ1) is 10.4. The van der Waals surface area contributed by atoms with E-state index in [1.165, 1.54) is 5.56 Å². The SMILES string of the molecule is Cc1ccc2nc(-c3c[nH]c4ccccc34)oc2c1. The molecule has 0 saturated carbocycles. The third-order valence-corrected chi connectivity index (χ3v) is 3.36. The summed E-state index contributed by atoms with van der Waals surface area (Å²) in [5.74, 6) is 0.665. The molecule has 4 aromatic rings. The molecule has 0 aliphatic heterocycles. The van der Waals surface area contributed by atoms with Gasteiger partial charge in [-0.1, -0.05) is 24.3 Å². The van der Waals surface area contributed by atoms with Crippen LogP contribution in [0.4, 0.5) is 0 Å². The Morgan fingerprint density at radius 1 is 1.11 bits per heavy atom. The number of aryl methyl sites for hydroxylation is 1. The maximum Gasteiger partial charge on any atom is 0.229 e. The molecule has 3 heteroatoms. The van der Waals surface area contributed by atoms with Crippen molar-refractivity contribution < 1.29 is 4.42 Å². The Morgan fingerprint density at radius 3 is 2.95 bits per heavy atom. The highest BCUT2D eigenvalue weighted by atomic mass is 16.3. The maximum atomic E-state index is 5.87. The molecule has 19 heavy (non-hydrogen) atoms. The van der Waals surface area contributed by atoms with Gasteiger partial charge in [-0.15, -0.1) is 0 Å². The van der Waals surface area contributed by atoms with Crippen molar-refractivity contribution in [3.05, 3.63) is 54.2 Å². The van der Waals surface area contributed by atoms with Crippen LogP contribution >= 0.6 is 0 Å². The highest BCUT2D eigenvalue weighted by Crippen LogP contribution is 2.30. The molecule has 0 unspecified atom stereocenters. The number of H-pyrrole nitrogens is 1. The van der Waals surface area contributed by atoms with Gasteiger partial charge in [0.2, 0.25) is 5.89 Å². The van der Waals surface area contributed by atoms with Crippen molar-refractivity contribution in [2.75, 3.05) is 0 Å². The van der Waals surface area contributed by atoms with Gasteiger partial charge in [0.15, 0.2) is 5.58 Å². The van der Waals surface area contributed by atoms with E-state index in [-0.39, 0.29) is 0 Å². The number of oxazole rings is 1. The number of para-hydroxylation sites is 1. The fourth-order valence-electron chi connectivity index (χ4n) is 2.40. The minimum atomic E-state index is 0.665. The molecule has 92 valence electrons. The third-order valence-electron chi connectivity index (χ3n) is 3.36. The van der Waals surface area contributed by atoms with Crippen molar-refractivity contribution in [3.8, 4) is 11.5 Å². The van der Waals surface area contributed by atoms with E-state index in [2.05, 4.69) is 16.0 Å². The van der Waals surface area contributed by atoms with Gasteiger partial charge >= 0.3 is 0 Å². The average Bonchev–Trinajstić information content (AvgIpc) is 3.00. The second kappa shape index (κ2) is 3.72. The lowest BCUT2D eigenvalue weighted by molar-refractivity contribution is 0.620. The second-order valence-corrected chi connectivity index (χ2v) is 4.74. The van der Waals surface area contributed by atoms with Crippen LogP contribution in [0.15, 0.2) is 53.1 Å². The van der Waals surface area contributed by atoms with Gasteiger partial charge in [0.25, 0.3) is 0 Å². The molecule has 2 aromatic carbocycles. The summed E-state index contributed by atoms with van der Waals surface area (Å²) < 4.78 is 5.87. The molecular formula is C16H12N2O. The number of benzene rings is 2. The summed E-state index contributed by atoms with van der Waals surface area (Å²) in [7, 11) is 0. The largest absolute Gasteiger partial charge is 0.436 e. The molecule has 0 fully saturated rings. The van der Waals surface area contributed by atoms with Crippen LogP contribution in [0, 0.1) is 6.92 Å². The monoisotopic (exact) mass is 248 g/mol.